The highest BCUT2D eigenvalue weighted by Gasteiger charge is 2.10. The smallest absolute Gasteiger partial charge is 0.307 e. The van der Waals surface area contributed by atoms with Crippen LogP contribution in [0.5, 0.6) is 0 Å². The predicted octanol–water partition coefficient (Wildman–Crippen LogP) is 2.92. The Labute approximate surface area is 123 Å². The van der Waals surface area contributed by atoms with Crippen molar-refractivity contribution in [1.82, 2.24) is 0 Å². The fraction of sp³-hybridized carbons (Fsp3) is 0.111. The molecular formula is C18H14O3. The minimum atomic E-state index is -0.967. The lowest BCUT2D eigenvalue weighted by Crippen LogP contribution is -2.06. The lowest BCUT2D eigenvalue weighted by atomic mass is 9.99. The molecule has 0 aliphatic heterocycles. The van der Waals surface area contributed by atoms with Gasteiger partial charge in [0.05, 0.1) is 6.42 Å². The average Bonchev–Trinajstić information content (AvgIpc) is 2.45. The van der Waals surface area contributed by atoms with Gasteiger partial charge in [0, 0.05) is 16.7 Å². The second-order valence-corrected chi connectivity index (χ2v) is 4.61. The number of rotatable bonds is 3. The molecule has 3 heteroatoms. The van der Waals surface area contributed by atoms with Gasteiger partial charge in [-0.25, -0.2) is 0 Å². The minimum absolute atomic E-state index is 0.145. The zero-order chi connectivity index (χ0) is 15.2. The van der Waals surface area contributed by atoms with Crippen LogP contribution in [0.3, 0.4) is 0 Å². The van der Waals surface area contributed by atoms with E-state index in [1.807, 2.05) is 30.3 Å². The molecule has 0 bridgehead atoms. The molecule has 0 aromatic heterocycles. The van der Waals surface area contributed by atoms with E-state index in [9.17, 15) is 9.59 Å². The summed E-state index contributed by atoms with van der Waals surface area (Å²) in [6.07, 6.45) is -0.185. The van der Waals surface area contributed by atoms with Crippen LogP contribution in [0.4, 0.5) is 0 Å². The average molecular weight is 278 g/mol. The van der Waals surface area contributed by atoms with Crippen LogP contribution >= 0.6 is 0 Å². The van der Waals surface area contributed by atoms with Gasteiger partial charge in [0.15, 0.2) is 5.78 Å². The molecule has 2 aromatic rings. The Bertz CT molecular complexity index is 734. The maximum atomic E-state index is 11.5. The molecule has 0 saturated heterocycles. The van der Waals surface area contributed by atoms with Gasteiger partial charge < -0.3 is 5.11 Å². The van der Waals surface area contributed by atoms with Gasteiger partial charge in [0.25, 0.3) is 0 Å². The summed E-state index contributed by atoms with van der Waals surface area (Å²) in [5.74, 6) is 4.88. The summed E-state index contributed by atoms with van der Waals surface area (Å²) < 4.78 is 0. The minimum Gasteiger partial charge on any atom is -0.481 e. The lowest BCUT2D eigenvalue weighted by molar-refractivity contribution is -0.136. The highest BCUT2D eigenvalue weighted by molar-refractivity contribution is 5.96. The normalized spacial score (nSPS) is 9.57. The number of carboxylic acids is 1. The van der Waals surface area contributed by atoms with E-state index < -0.39 is 5.97 Å². The Morgan fingerprint density at radius 2 is 1.67 bits per heavy atom. The number of hydrogen-bond acceptors (Lipinski definition) is 2. The zero-order valence-corrected chi connectivity index (χ0v) is 11.6. The third kappa shape index (κ3) is 4.05. The van der Waals surface area contributed by atoms with E-state index in [1.165, 1.54) is 6.92 Å². The van der Waals surface area contributed by atoms with Crippen molar-refractivity contribution < 1.29 is 14.7 Å². The molecule has 21 heavy (non-hydrogen) atoms. The Morgan fingerprint density at radius 1 is 1.00 bits per heavy atom. The van der Waals surface area contributed by atoms with Crippen LogP contribution < -0.4 is 0 Å². The highest BCUT2D eigenvalue weighted by atomic mass is 16.4. The first-order valence-corrected chi connectivity index (χ1v) is 6.49. The molecular weight excluding hydrogens is 264 g/mol. The van der Waals surface area contributed by atoms with E-state index in [4.69, 9.17) is 5.11 Å². The van der Waals surface area contributed by atoms with Gasteiger partial charge in [-0.05, 0) is 42.8 Å². The molecule has 0 fully saturated rings. The van der Waals surface area contributed by atoms with Crippen molar-refractivity contribution in [2.75, 3.05) is 0 Å². The Kier molecular flexibility index (Phi) is 4.53. The molecule has 1 N–H and O–H groups in total. The molecule has 0 atom stereocenters. The van der Waals surface area contributed by atoms with E-state index >= 15 is 0 Å². The maximum absolute atomic E-state index is 11.5. The Morgan fingerprint density at radius 3 is 2.29 bits per heavy atom. The second-order valence-electron chi connectivity index (χ2n) is 4.61. The van der Waals surface area contributed by atoms with E-state index in [0.29, 0.717) is 16.7 Å². The van der Waals surface area contributed by atoms with Crippen molar-refractivity contribution in [3.8, 4) is 11.8 Å². The number of ketones is 1. The molecule has 2 rings (SSSR count). The van der Waals surface area contributed by atoms with Gasteiger partial charge in [-0.15, -0.1) is 0 Å². The SMILES string of the molecule is CC(=O)c1ccc(C#Cc2ccccc2)cc1CC(=O)O. The molecule has 0 spiro atoms. The van der Waals surface area contributed by atoms with Gasteiger partial charge in [0.2, 0.25) is 0 Å². The molecule has 0 radical (unpaired) electrons. The molecule has 0 saturated carbocycles. The first kappa shape index (κ1) is 14.5. The fourth-order valence-corrected chi connectivity index (χ4v) is 1.99. The van der Waals surface area contributed by atoms with Crippen molar-refractivity contribution >= 4 is 11.8 Å². The third-order valence-electron chi connectivity index (χ3n) is 2.95. The molecule has 0 aliphatic carbocycles. The number of hydrogen-bond donors (Lipinski definition) is 1. The summed E-state index contributed by atoms with van der Waals surface area (Å²) in [6, 6.07) is 14.5. The Hall–Kier alpha value is -2.86. The molecule has 0 aliphatic rings. The van der Waals surface area contributed by atoms with Crippen molar-refractivity contribution in [2.24, 2.45) is 0 Å². The summed E-state index contributed by atoms with van der Waals surface area (Å²) in [5.41, 5.74) is 2.51. The molecule has 2 aromatic carbocycles. The topological polar surface area (TPSA) is 54.4 Å². The number of aliphatic carboxylic acids is 1. The predicted molar refractivity (Wildman–Crippen MR) is 80.2 cm³/mol. The molecule has 0 amide bonds. The summed E-state index contributed by atoms with van der Waals surface area (Å²) in [4.78, 5) is 22.4. The van der Waals surface area contributed by atoms with Crippen LogP contribution in [0, 0.1) is 11.8 Å². The molecule has 0 unspecified atom stereocenters. The fourth-order valence-electron chi connectivity index (χ4n) is 1.99. The van der Waals surface area contributed by atoms with E-state index in [2.05, 4.69) is 11.8 Å². The number of carboxylic acid groups (broad SMARTS) is 1. The van der Waals surface area contributed by atoms with Gasteiger partial charge in [0.1, 0.15) is 0 Å². The Balaban J connectivity index is 2.36. The quantitative estimate of drug-likeness (QED) is 0.693. The van der Waals surface area contributed by atoms with E-state index in [1.54, 1.807) is 18.2 Å². The number of benzene rings is 2. The van der Waals surface area contributed by atoms with E-state index in [0.717, 1.165) is 5.56 Å². The zero-order valence-electron chi connectivity index (χ0n) is 11.6. The van der Waals surface area contributed by atoms with Crippen molar-refractivity contribution in [1.29, 1.82) is 0 Å². The van der Waals surface area contributed by atoms with Crippen LogP contribution in [0.2, 0.25) is 0 Å². The van der Waals surface area contributed by atoms with Crippen molar-refractivity contribution in [3.05, 3.63) is 70.8 Å². The summed E-state index contributed by atoms with van der Waals surface area (Å²) >= 11 is 0. The first-order valence-electron chi connectivity index (χ1n) is 6.49. The maximum Gasteiger partial charge on any atom is 0.307 e. The van der Waals surface area contributed by atoms with Crippen LogP contribution in [0.1, 0.15) is 34.0 Å². The molecule has 104 valence electrons. The second kappa shape index (κ2) is 6.53. The van der Waals surface area contributed by atoms with Gasteiger partial charge in [-0.2, -0.15) is 0 Å². The first-order chi connectivity index (χ1) is 10.1. The van der Waals surface area contributed by atoms with Crippen LogP contribution in [-0.4, -0.2) is 16.9 Å². The lowest BCUT2D eigenvalue weighted by Gasteiger charge is -2.05. The van der Waals surface area contributed by atoms with E-state index in [-0.39, 0.29) is 12.2 Å². The van der Waals surface area contributed by atoms with Gasteiger partial charge in [-0.3, -0.25) is 9.59 Å². The summed E-state index contributed by atoms with van der Waals surface area (Å²) in [5, 5.41) is 8.92. The van der Waals surface area contributed by atoms with Crippen LogP contribution in [0.15, 0.2) is 48.5 Å². The monoisotopic (exact) mass is 278 g/mol. The number of Topliss-reactive ketones (excluding diaryl/α,β-unsaturated/α-hetero) is 1. The third-order valence-corrected chi connectivity index (χ3v) is 2.95. The molecule has 0 heterocycles. The summed E-state index contributed by atoms with van der Waals surface area (Å²) in [6.45, 7) is 1.43. The summed E-state index contributed by atoms with van der Waals surface area (Å²) in [7, 11) is 0. The van der Waals surface area contributed by atoms with Gasteiger partial charge >= 0.3 is 5.97 Å². The number of carbonyl (C=O) groups excluding carboxylic acids is 1. The van der Waals surface area contributed by atoms with Crippen molar-refractivity contribution in [2.45, 2.75) is 13.3 Å². The highest BCUT2D eigenvalue weighted by Crippen LogP contribution is 2.14. The standard InChI is InChI=1S/C18H14O3/c1-13(19)17-10-9-15(11-16(17)12-18(20)21)8-7-14-5-3-2-4-6-14/h2-6,9-11H,12H2,1H3,(H,20,21). The van der Waals surface area contributed by atoms with Gasteiger partial charge in [-0.1, -0.05) is 30.0 Å². The van der Waals surface area contributed by atoms with Crippen molar-refractivity contribution in [3.63, 3.8) is 0 Å². The number of carbonyl (C=O) groups is 2. The largest absolute Gasteiger partial charge is 0.481 e. The van der Waals surface area contributed by atoms with Crippen LogP contribution in [-0.2, 0) is 11.2 Å². The molecule has 3 nitrogen and oxygen atoms in total. The van der Waals surface area contributed by atoms with Crippen LogP contribution in [0.25, 0.3) is 0 Å².